The summed E-state index contributed by atoms with van der Waals surface area (Å²) in [5, 5.41) is 6.54. The molecule has 0 fully saturated rings. The maximum atomic E-state index is 11.8. The number of halogens is 3. The predicted molar refractivity (Wildman–Crippen MR) is 58.0 cm³/mol. The quantitative estimate of drug-likeness (QED) is 0.775. The molecule has 1 aromatic rings. The largest absolute Gasteiger partial charge is 0.441 e. The van der Waals surface area contributed by atoms with E-state index in [1.165, 1.54) is 0 Å². The molecule has 6 nitrogen and oxygen atoms in total. The van der Waals surface area contributed by atoms with Gasteiger partial charge in [-0.05, 0) is 11.8 Å². The summed E-state index contributed by atoms with van der Waals surface area (Å²) in [5.41, 5.74) is 0.811. The van der Waals surface area contributed by atoms with Gasteiger partial charge in [-0.2, -0.15) is 13.2 Å². The number of nitrogen functional groups attached to an aromatic ring is 1. The number of aromatic nitrogens is 2. The van der Waals surface area contributed by atoms with Gasteiger partial charge in [0.2, 0.25) is 9.47 Å². The highest BCUT2D eigenvalue weighted by atomic mass is 32.2. The zero-order chi connectivity index (χ0) is 13.1. The second kappa shape index (κ2) is 5.37. The van der Waals surface area contributed by atoms with Crippen molar-refractivity contribution in [2.45, 2.75) is 9.85 Å². The Hall–Kier alpha value is -0.590. The molecular formula is C5H7F3N4O2S3. The van der Waals surface area contributed by atoms with Gasteiger partial charge >= 0.3 is 5.51 Å². The number of hydrogen-bond donors (Lipinski definition) is 2. The molecule has 0 amide bonds. The maximum absolute atomic E-state index is 11.8. The molecule has 1 aromatic heterocycles. The molecule has 0 radical (unpaired) electrons. The number of hydrogen-bond acceptors (Lipinski definition) is 7. The second-order valence-corrected chi connectivity index (χ2v) is 6.71. The van der Waals surface area contributed by atoms with Crippen LogP contribution in [-0.4, -0.2) is 36.4 Å². The Balaban J connectivity index is 2.46. The van der Waals surface area contributed by atoms with Crippen molar-refractivity contribution in [1.29, 1.82) is 0 Å². The Bertz CT molecular complexity index is 471. The molecule has 0 aliphatic rings. The summed E-state index contributed by atoms with van der Waals surface area (Å²) >= 11 is 0.325. The number of rotatable bonds is 5. The van der Waals surface area contributed by atoms with Gasteiger partial charge in [0.25, 0.3) is 10.0 Å². The highest BCUT2D eigenvalue weighted by molar-refractivity contribution is 8.00. The summed E-state index contributed by atoms with van der Waals surface area (Å²) in [6.45, 7) is -0.355. The van der Waals surface area contributed by atoms with Crippen molar-refractivity contribution >= 4 is 38.3 Å². The van der Waals surface area contributed by atoms with Crippen LogP contribution in [-0.2, 0) is 10.0 Å². The Morgan fingerprint density at radius 2 is 2.06 bits per heavy atom. The molecule has 0 saturated heterocycles. The van der Waals surface area contributed by atoms with Crippen LogP contribution < -0.4 is 10.5 Å². The predicted octanol–water partition coefficient (Wildman–Crippen LogP) is 0.652. The third-order valence-electron chi connectivity index (χ3n) is 1.31. The van der Waals surface area contributed by atoms with Crippen LogP contribution in [0, 0.1) is 0 Å². The summed E-state index contributed by atoms with van der Waals surface area (Å²) in [6, 6.07) is 0. The number of alkyl halides is 3. The van der Waals surface area contributed by atoms with E-state index < -0.39 is 21.3 Å². The van der Waals surface area contributed by atoms with E-state index in [1.807, 2.05) is 4.72 Å². The number of sulfonamides is 1. The first-order chi connectivity index (χ1) is 7.71. The molecule has 0 aromatic carbocycles. The zero-order valence-corrected chi connectivity index (χ0v) is 10.5. The second-order valence-electron chi connectivity index (χ2n) is 2.60. The lowest BCUT2D eigenvalue weighted by Crippen LogP contribution is -2.26. The van der Waals surface area contributed by atoms with Crippen molar-refractivity contribution in [2.75, 3.05) is 18.0 Å². The molecule has 0 spiro atoms. The first kappa shape index (κ1) is 14.5. The van der Waals surface area contributed by atoms with Crippen LogP contribution in [0.5, 0.6) is 0 Å². The molecule has 3 N–H and O–H groups in total. The lowest BCUT2D eigenvalue weighted by Gasteiger charge is -2.05. The molecule has 1 rings (SSSR count). The molecule has 0 saturated carbocycles. The molecule has 98 valence electrons. The van der Waals surface area contributed by atoms with Crippen LogP contribution in [0.2, 0.25) is 0 Å². The van der Waals surface area contributed by atoms with E-state index in [-0.39, 0.29) is 27.8 Å². The fourth-order valence-electron chi connectivity index (χ4n) is 0.734. The highest BCUT2D eigenvalue weighted by Crippen LogP contribution is 2.29. The third kappa shape index (κ3) is 5.06. The van der Waals surface area contributed by atoms with Gasteiger partial charge < -0.3 is 5.73 Å². The molecule has 17 heavy (non-hydrogen) atoms. The molecule has 0 bridgehead atoms. The fraction of sp³-hybridized carbons (Fsp3) is 0.600. The van der Waals surface area contributed by atoms with Crippen LogP contribution in [0.4, 0.5) is 18.3 Å². The van der Waals surface area contributed by atoms with Crippen LogP contribution in [0.3, 0.4) is 0 Å². The van der Waals surface area contributed by atoms with Crippen LogP contribution in [0.15, 0.2) is 4.34 Å². The highest BCUT2D eigenvalue weighted by Gasteiger charge is 2.28. The lowest BCUT2D eigenvalue weighted by atomic mass is 10.8. The summed E-state index contributed by atoms with van der Waals surface area (Å²) < 4.78 is 59.7. The van der Waals surface area contributed by atoms with Crippen molar-refractivity contribution < 1.29 is 21.6 Å². The van der Waals surface area contributed by atoms with Gasteiger partial charge in [-0.25, -0.2) is 13.1 Å². The maximum Gasteiger partial charge on any atom is 0.441 e. The normalized spacial score (nSPS) is 12.9. The van der Waals surface area contributed by atoms with E-state index in [0.717, 1.165) is 0 Å². The minimum Gasteiger partial charge on any atom is -0.374 e. The van der Waals surface area contributed by atoms with E-state index >= 15 is 0 Å². The number of nitrogens with zero attached hydrogens (tertiary/aromatic N) is 2. The molecule has 0 aliphatic heterocycles. The van der Waals surface area contributed by atoms with Gasteiger partial charge in [0.1, 0.15) is 0 Å². The van der Waals surface area contributed by atoms with Gasteiger partial charge in [-0.1, -0.05) is 11.3 Å². The fourth-order valence-corrected chi connectivity index (χ4v) is 3.15. The lowest BCUT2D eigenvalue weighted by molar-refractivity contribution is -0.0327. The van der Waals surface area contributed by atoms with Crippen molar-refractivity contribution in [3.05, 3.63) is 0 Å². The average molecular weight is 308 g/mol. The zero-order valence-electron chi connectivity index (χ0n) is 8.06. The molecule has 0 aliphatic carbocycles. The standard InChI is InChI=1S/C5H7F3N4O2S3/c6-5(7,8)15-2-1-10-17(13,14)4-12-11-3(9)16-4/h10H,1-2H2,(H2,9,11). The number of nitrogens with two attached hydrogens (primary N) is 1. The number of nitrogens with one attached hydrogen (secondary N) is 1. The van der Waals surface area contributed by atoms with Crippen molar-refractivity contribution in [2.24, 2.45) is 0 Å². The van der Waals surface area contributed by atoms with Gasteiger partial charge in [0.15, 0.2) is 0 Å². The summed E-state index contributed by atoms with van der Waals surface area (Å²) in [5.74, 6) is -0.420. The van der Waals surface area contributed by atoms with Crippen LogP contribution >= 0.6 is 23.1 Å². The summed E-state index contributed by atoms with van der Waals surface area (Å²) in [6.07, 6.45) is 0. The van der Waals surface area contributed by atoms with Crippen LogP contribution in [0.1, 0.15) is 0 Å². The smallest absolute Gasteiger partial charge is 0.374 e. The van der Waals surface area contributed by atoms with Crippen molar-refractivity contribution in [3.8, 4) is 0 Å². The Kier molecular flexibility index (Phi) is 4.57. The van der Waals surface area contributed by atoms with E-state index in [2.05, 4.69) is 10.2 Å². The van der Waals surface area contributed by atoms with Crippen LogP contribution in [0.25, 0.3) is 0 Å². The first-order valence-electron chi connectivity index (χ1n) is 4.00. The SMILES string of the molecule is Nc1nnc(S(=O)(=O)NCCSC(F)(F)F)s1. The molecule has 1 heterocycles. The third-order valence-corrected chi connectivity index (χ3v) is 4.63. The van der Waals surface area contributed by atoms with Gasteiger partial charge in [0.05, 0.1) is 0 Å². The van der Waals surface area contributed by atoms with E-state index in [0.29, 0.717) is 11.3 Å². The van der Waals surface area contributed by atoms with Crippen molar-refractivity contribution in [3.63, 3.8) is 0 Å². The van der Waals surface area contributed by atoms with E-state index in [1.54, 1.807) is 0 Å². The van der Waals surface area contributed by atoms with E-state index in [4.69, 9.17) is 5.73 Å². The summed E-state index contributed by atoms with van der Waals surface area (Å²) in [4.78, 5) is 0. The molecule has 0 atom stereocenters. The van der Waals surface area contributed by atoms with Gasteiger partial charge in [0, 0.05) is 12.3 Å². The Labute approximate surface area is 103 Å². The summed E-state index contributed by atoms with van der Waals surface area (Å²) in [7, 11) is -3.92. The number of thioether (sulfide) groups is 1. The number of anilines is 1. The van der Waals surface area contributed by atoms with Crippen molar-refractivity contribution in [1.82, 2.24) is 14.9 Å². The first-order valence-corrected chi connectivity index (χ1v) is 7.28. The van der Waals surface area contributed by atoms with E-state index in [9.17, 15) is 21.6 Å². The minimum atomic E-state index is -4.38. The van der Waals surface area contributed by atoms with Gasteiger partial charge in [-0.15, -0.1) is 10.2 Å². The van der Waals surface area contributed by atoms with Gasteiger partial charge in [-0.3, -0.25) is 0 Å². The molecule has 0 unspecified atom stereocenters. The minimum absolute atomic E-state index is 0.0324. The molecule has 12 heteroatoms. The molecular weight excluding hydrogens is 301 g/mol. The monoisotopic (exact) mass is 308 g/mol. The Morgan fingerprint density at radius 3 is 2.53 bits per heavy atom. The Morgan fingerprint density at radius 1 is 1.41 bits per heavy atom. The topological polar surface area (TPSA) is 98.0 Å². The average Bonchev–Trinajstić information content (AvgIpc) is 2.59.